The molecule has 4 atom stereocenters. The number of hydrogen-bond acceptors (Lipinski definition) is 8. The number of hydrogen-bond donors (Lipinski definition) is 0. The lowest BCUT2D eigenvalue weighted by Gasteiger charge is -2.34. The smallest absolute Gasteiger partial charge is 0.412 e. The van der Waals surface area contributed by atoms with E-state index in [4.69, 9.17) is 36.0 Å². The molecule has 1 saturated heterocycles. The molecule has 9 nitrogen and oxygen atoms in total. The van der Waals surface area contributed by atoms with Gasteiger partial charge in [0.1, 0.15) is 5.73 Å². The highest BCUT2D eigenvalue weighted by atomic mass is 28.4. The summed E-state index contributed by atoms with van der Waals surface area (Å²) >= 11 is 0. The Morgan fingerprint density at radius 2 is 1.38 bits per heavy atom. The van der Waals surface area contributed by atoms with E-state index in [-0.39, 0.29) is 11.2 Å². The van der Waals surface area contributed by atoms with E-state index < -0.39 is 17.6 Å². The van der Waals surface area contributed by atoms with Gasteiger partial charge in [-0.15, -0.1) is 0 Å². The third-order valence-electron chi connectivity index (χ3n) is 6.23. The van der Waals surface area contributed by atoms with Gasteiger partial charge in [0.15, 0.2) is 0 Å². The molecular weight excluding hydrogens is 476 g/mol. The number of epoxide rings is 1. The summed E-state index contributed by atoms with van der Waals surface area (Å²) in [6, 6.07) is 0.915. The lowest BCUT2D eigenvalue weighted by atomic mass is 9.88. The maximum Gasteiger partial charge on any atom is 0.531 e. The number of ether oxygens (including phenoxy) is 2. The fourth-order valence-corrected chi connectivity index (χ4v) is 9.13. The fourth-order valence-electron chi connectivity index (χ4n) is 4.42. The minimum atomic E-state index is -2.68. The molecule has 206 valence electrons. The Kier molecular flexibility index (Phi) is 18.4. The summed E-state index contributed by atoms with van der Waals surface area (Å²) in [4.78, 5) is 0. The predicted octanol–water partition coefficient (Wildman–Crippen LogP) is 3.78. The predicted molar refractivity (Wildman–Crippen MR) is 137 cm³/mol. The first-order valence-electron chi connectivity index (χ1n) is 12.8. The van der Waals surface area contributed by atoms with Gasteiger partial charge in [-0.2, -0.15) is 0 Å². The van der Waals surface area contributed by atoms with E-state index in [1.165, 1.54) is 19.3 Å². The summed E-state index contributed by atoms with van der Waals surface area (Å²) in [5.74, 6) is 0.760. The van der Waals surface area contributed by atoms with Gasteiger partial charge in [-0.1, -0.05) is 13.8 Å². The molecule has 0 bridgehead atoms. The van der Waals surface area contributed by atoms with Crippen molar-refractivity contribution in [1.29, 1.82) is 0 Å². The highest BCUT2D eigenvalue weighted by molar-refractivity contribution is 6.62. The van der Waals surface area contributed by atoms with Crippen LogP contribution >= 0.6 is 0 Å². The molecular formula is C23H52O9Si2. The van der Waals surface area contributed by atoms with Crippen LogP contribution in [0.3, 0.4) is 0 Å². The molecule has 2 rings (SSSR count). The van der Waals surface area contributed by atoms with Crippen molar-refractivity contribution >= 4 is 17.6 Å². The van der Waals surface area contributed by atoms with Crippen LogP contribution in [0.1, 0.15) is 73.1 Å². The molecule has 11 heteroatoms. The first-order valence-corrected chi connectivity index (χ1v) is 16.5. The van der Waals surface area contributed by atoms with E-state index in [9.17, 15) is 0 Å². The molecule has 34 heavy (non-hydrogen) atoms. The van der Waals surface area contributed by atoms with E-state index in [0.717, 1.165) is 37.8 Å². The Morgan fingerprint density at radius 3 is 1.79 bits per heavy atom. The fraction of sp³-hybridized carbons (Fsp3) is 1.00. The molecule has 0 radical (unpaired) electrons. The average molecular weight is 529 g/mol. The van der Waals surface area contributed by atoms with Gasteiger partial charge in [-0.05, 0) is 65.2 Å². The van der Waals surface area contributed by atoms with Gasteiger partial charge < -0.3 is 41.5 Å². The van der Waals surface area contributed by atoms with Gasteiger partial charge in [0.25, 0.3) is 0 Å². The number of fused-ring (bicyclic) bond motifs is 1. The van der Waals surface area contributed by atoms with E-state index >= 15 is 0 Å². The SMILES string of the molecule is CCCOC(CC)[Si](OCC)(OCC)OCC.CO[Si](CCC1CCC2OC2C1)(OC)OC.O. The second-order valence-electron chi connectivity index (χ2n) is 8.40. The van der Waals surface area contributed by atoms with E-state index in [1.807, 2.05) is 20.8 Å². The molecule has 0 aromatic carbocycles. The zero-order valence-electron chi connectivity index (χ0n) is 22.9. The first-order chi connectivity index (χ1) is 15.9. The van der Waals surface area contributed by atoms with E-state index in [2.05, 4.69) is 13.8 Å². The highest BCUT2D eigenvalue weighted by Crippen LogP contribution is 2.41. The van der Waals surface area contributed by atoms with Crippen LogP contribution in [0.25, 0.3) is 0 Å². The van der Waals surface area contributed by atoms with Crippen LogP contribution in [0.4, 0.5) is 0 Å². The van der Waals surface area contributed by atoms with Crippen molar-refractivity contribution in [2.24, 2.45) is 5.92 Å². The Hall–Kier alpha value is 0.0738. The molecule has 4 unspecified atom stereocenters. The Bertz CT molecular complexity index is 472. The molecule has 1 saturated carbocycles. The summed E-state index contributed by atoms with van der Waals surface area (Å²) in [5.41, 5.74) is -0.0534. The van der Waals surface area contributed by atoms with Crippen molar-refractivity contribution in [3.05, 3.63) is 0 Å². The largest absolute Gasteiger partial charge is 0.531 e. The Balaban J connectivity index is 0.000000622. The summed E-state index contributed by atoms with van der Waals surface area (Å²) in [6.07, 6.45) is 7.85. The normalized spacial score (nSPS) is 22.8. The van der Waals surface area contributed by atoms with Gasteiger partial charge in [0.2, 0.25) is 0 Å². The van der Waals surface area contributed by atoms with Crippen LogP contribution in [0.5, 0.6) is 0 Å². The summed E-state index contributed by atoms with van der Waals surface area (Å²) < 4.78 is 45.2. The van der Waals surface area contributed by atoms with Crippen molar-refractivity contribution < 1.29 is 41.5 Å². The quantitative estimate of drug-likeness (QED) is 0.207. The number of rotatable bonds is 17. The van der Waals surface area contributed by atoms with Gasteiger partial charge >= 0.3 is 17.6 Å². The van der Waals surface area contributed by atoms with Gasteiger partial charge in [-0.3, -0.25) is 0 Å². The lowest BCUT2D eigenvalue weighted by Crippen LogP contribution is -2.57. The minimum absolute atomic E-state index is 0. The summed E-state index contributed by atoms with van der Waals surface area (Å²) in [7, 11) is 0.00702. The molecule has 1 aliphatic heterocycles. The van der Waals surface area contributed by atoms with Crippen LogP contribution in [-0.4, -0.2) is 88.8 Å². The van der Waals surface area contributed by atoms with Gasteiger partial charge in [0, 0.05) is 53.8 Å². The van der Waals surface area contributed by atoms with Gasteiger partial charge in [0.05, 0.1) is 12.2 Å². The Morgan fingerprint density at radius 1 is 0.824 bits per heavy atom. The molecule has 2 N–H and O–H groups in total. The molecule has 2 aliphatic rings. The maximum absolute atomic E-state index is 5.85. The monoisotopic (exact) mass is 528 g/mol. The topological polar surface area (TPSA) is 109 Å². The van der Waals surface area contributed by atoms with Gasteiger partial charge in [-0.25, -0.2) is 0 Å². The highest BCUT2D eigenvalue weighted by Gasteiger charge is 2.49. The van der Waals surface area contributed by atoms with Crippen molar-refractivity contribution in [3.63, 3.8) is 0 Å². The molecule has 0 aromatic rings. The summed E-state index contributed by atoms with van der Waals surface area (Å²) in [6.45, 7) is 12.6. The molecule has 1 heterocycles. The van der Waals surface area contributed by atoms with Crippen LogP contribution in [0, 0.1) is 5.92 Å². The second kappa shape index (κ2) is 18.3. The maximum atomic E-state index is 5.85. The van der Waals surface area contributed by atoms with E-state index in [0.29, 0.717) is 32.0 Å². The molecule has 0 amide bonds. The average Bonchev–Trinajstić information content (AvgIpc) is 3.61. The van der Waals surface area contributed by atoms with Crippen LogP contribution in [-0.2, 0) is 36.0 Å². The second-order valence-corrected chi connectivity index (χ2v) is 14.2. The third-order valence-corrected chi connectivity index (χ3v) is 12.4. The van der Waals surface area contributed by atoms with Crippen LogP contribution in [0.15, 0.2) is 0 Å². The van der Waals surface area contributed by atoms with Crippen LogP contribution < -0.4 is 0 Å². The molecule has 0 aromatic heterocycles. The first kappa shape index (κ1) is 34.1. The van der Waals surface area contributed by atoms with Crippen molar-refractivity contribution in [2.45, 2.75) is 97.1 Å². The molecule has 2 fully saturated rings. The Labute approximate surface area is 210 Å². The zero-order valence-corrected chi connectivity index (χ0v) is 24.9. The van der Waals surface area contributed by atoms with Crippen molar-refractivity contribution in [1.82, 2.24) is 0 Å². The zero-order chi connectivity index (χ0) is 24.7. The van der Waals surface area contributed by atoms with Crippen molar-refractivity contribution in [2.75, 3.05) is 47.8 Å². The van der Waals surface area contributed by atoms with Crippen molar-refractivity contribution in [3.8, 4) is 0 Å². The van der Waals surface area contributed by atoms with E-state index in [1.54, 1.807) is 21.3 Å². The molecule has 0 spiro atoms. The lowest BCUT2D eigenvalue weighted by molar-refractivity contribution is -0.0110. The third kappa shape index (κ3) is 10.6. The molecule has 1 aliphatic carbocycles. The summed E-state index contributed by atoms with van der Waals surface area (Å²) in [5, 5.41) is 0. The standard InChI is InChI=1S/C12H28O4Si.C11H22O4Si.H2O/c1-6-11-13-12(7-2)17(14-8-3,15-9-4)16-10-5;1-12-16(13-2,14-3)7-6-9-4-5-10-11(8-9)15-10;/h12H,6-11H2,1-5H3;9-11H,4-8H2,1-3H3;1H2. The minimum Gasteiger partial charge on any atom is -0.412 e. The van der Waals surface area contributed by atoms with Crippen LogP contribution in [0.2, 0.25) is 6.04 Å².